The molecule has 1 heterocycles. The summed E-state index contributed by atoms with van der Waals surface area (Å²) in [6.07, 6.45) is 3.15. The van der Waals surface area contributed by atoms with Gasteiger partial charge in [-0.05, 0) is 29.3 Å². The van der Waals surface area contributed by atoms with Crippen molar-refractivity contribution in [2.75, 3.05) is 0 Å². The van der Waals surface area contributed by atoms with Crippen LogP contribution in [-0.4, -0.2) is 26.8 Å². The molecule has 0 fully saturated rings. The number of non-ortho nitro benzene ring substituents is 1. The maximum Gasteiger partial charge on any atom is 0.291 e. The fourth-order valence-electron chi connectivity index (χ4n) is 2.25. The number of hydrazone groups is 1. The van der Waals surface area contributed by atoms with E-state index in [1.54, 1.807) is 53.3 Å². The molecule has 0 saturated carbocycles. The molecule has 0 unspecified atom stereocenters. The number of aromatic nitrogens is 2. The second kappa shape index (κ2) is 8.24. The predicted molar refractivity (Wildman–Crippen MR) is 101 cm³/mol. The molecule has 1 amide bonds. The molecular weight excluding hydrogens is 370 g/mol. The number of hydrogen-bond acceptors (Lipinski definition) is 5. The number of rotatable bonds is 6. The van der Waals surface area contributed by atoms with Gasteiger partial charge in [0, 0.05) is 23.4 Å². The first-order valence-corrected chi connectivity index (χ1v) is 8.25. The van der Waals surface area contributed by atoms with Gasteiger partial charge in [-0.2, -0.15) is 10.2 Å². The molecule has 0 aliphatic carbocycles. The van der Waals surface area contributed by atoms with Gasteiger partial charge in [0.15, 0.2) is 5.69 Å². The molecule has 0 atom stereocenters. The lowest BCUT2D eigenvalue weighted by atomic mass is 10.2. The molecule has 0 aliphatic heterocycles. The number of carbonyl (C=O) groups is 1. The first kappa shape index (κ1) is 18.3. The summed E-state index contributed by atoms with van der Waals surface area (Å²) in [6, 6.07) is 14.7. The van der Waals surface area contributed by atoms with Crippen LogP contribution in [0.15, 0.2) is 65.9 Å². The molecule has 1 N–H and O–H groups in total. The van der Waals surface area contributed by atoms with E-state index in [2.05, 4.69) is 15.6 Å². The minimum Gasteiger partial charge on any atom is -0.268 e. The van der Waals surface area contributed by atoms with Gasteiger partial charge in [-0.1, -0.05) is 35.9 Å². The zero-order chi connectivity index (χ0) is 19.2. The fourth-order valence-corrected chi connectivity index (χ4v) is 2.38. The SMILES string of the molecule is O=C(N/N=C\c1ccc(Cl)cc1)c1ccn(Cc2ccc([N+](=O)[O-])cc2)n1. The Kier molecular flexibility index (Phi) is 5.58. The van der Waals surface area contributed by atoms with Crippen LogP contribution in [0.25, 0.3) is 0 Å². The summed E-state index contributed by atoms with van der Waals surface area (Å²) >= 11 is 5.80. The largest absolute Gasteiger partial charge is 0.291 e. The second-order valence-corrected chi connectivity index (χ2v) is 6.01. The third kappa shape index (κ3) is 4.99. The number of carbonyl (C=O) groups excluding carboxylic acids is 1. The van der Waals surface area contributed by atoms with Crippen molar-refractivity contribution in [2.45, 2.75) is 6.54 Å². The van der Waals surface area contributed by atoms with Crippen LogP contribution in [0.1, 0.15) is 21.6 Å². The molecule has 3 rings (SSSR count). The quantitative estimate of drug-likeness (QED) is 0.401. The van der Waals surface area contributed by atoms with E-state index in [1.165, 1.54) is 18.3 Å². The van der Waals surface area contributed by atoms with Gasteiger partial charge in [0.1, 0.15) is 0 Å². The third-order valence-electron chi connectivity index (χ3n) is 3.61. The number of nitro groups is 1. The highest BCUT2D eigenvalue weighted by atomic mass is 35.5. The Balaban J connectivity index is 1.58. The molecule has 0 saturated heterocycles. The maximum atomic E-state index is 12.1. The van der Waals surface area contributed by atoms with Crippen LogP contribution < -0.4 is 5.43 Å². The lowest BCUT2D eigenvalue weighted by Crippen LogP contribution is -2.18. The zero-order valence-electron chi connectivity index (χ0n) is 13.9. The molecule has 3 aromatic rings. The lowest BCUT2D eigenvalue weighted by molar-refractivity contribution is -0.384. The number of nitrogens with one attached hydrogen (secondary N) is 1. The minimum atomic E-state index is -0.454. The topological polar surface area (TPSA) is 102 Å². The molecule has 1 aromatic heterocycles. The van der Waals surface area contributed by atoms with Gasteiger partial charge in [-0.3, -0.25) is 19.6 Å². The van der Waals surface area contributed by atoms with Crippen LogP contribution in [0.4, 0.5) is 5.69 Å². The average molecular weight is 384 g/mol. The Labute approximate surface area is 159 Å². The predicted octanol–water partition coefficient (Wildman–Crippen LogP) is 3.26. The fraction of sp³-hybridized carbons (Fsp3) is 0.0556. The van der Waals surface area contributed by atoms with Crippen molar-refractivity contribution in [2.24, 2.45) is 5.10 Å². The Hall–Kier alpha value is -3.52. The van der Waals surface area contributed by atoms with Crippen LogP contribution in [0.5, 0.6) is 0 Å². The molecule has 0 bridgehead atoms. The molecule has 0 aliphatic rings. The molecule has 2 aromatic carbocycles. The highest BCUT2D eigenvalue weighted by molar-refractivity contribution is 6.30. The van der Waals surface area contributed by atoms with Gasteiger partial charge in [0.25, 0.3) is 11.6 Å². The lowest BCUT2D eigenvalue weighted by Gasteiger charge is -2.01. The van der Waals surface area contributed by atoms with Crippen LogP contribution in [0, 0.1) is 10.1 Å². The van der Waals surface area contributed by atoms with Crippen LogP contribution in [0.2, 0.25) is 5.02 Å². The summed E-state index contributed by atoms with van der Waals surface area (Å²) in [5.74, 6) is -0.442. The minimum absolute atomic E-state index is 0.0258. The van der Waals surface area contributed by atoms with Crippen molar-refractivity contribution in [1.29, 1.82) is 0 Å². The zero-order valence-corrected chi connectivity index (χ0v) is 14.7. The molecule has 27 heavy (non-hydrogen) atoms. The van der Waals surface area contributed by atoms with E-state index in [9.17, 15) is 14.9 Å². The van der Waals surface area contributed by atoms with E-state index < -0.39 is 10.8 Å². The smallest absolute Gasteiger partial charge is 0.268 e. The van der Waals surface area contributed by atoms with E-state index >= 15 is 0 Å². The number of hydrogen-bond donors (Lipinski definition) is 1. The van der Waals surface area contributed by atoms with Crippen molar-refractivity contribution >= 4 is 29.4 Å². The first-order chi connectivity index (χ1) is 13.0. The molecule has 0 radical (unpaired) electrons. The molecule has 136 valence electrons. The normalized spacial score (nSPS) is 10.9. The summed E-state index contributed by atoms with van der Waals surface area (Å²) < 4.78 is 1.57. The summed E-state index contributed by atoms with van der Waals surface area (Å²) in [5.41, 5.74) is 4.27. The van der Waals surface area contributed by atoms with Gasteiger partial charge >= 0.3 is 0 Å². The van der Waals surface area contributed by atoms with Crippen molar-refractivity contribution in [1.82, 2.24) is 15.2 Å². The third-order valence-corrected chi connectivity index (χ3v) is 3.87. The van der Waals surface area contributed by atoms with Crippen molar-refractivity contribution in [3.05, 3.63) is 92.8 Å². The standard InChI is InChI=1S/C18H14ClN5O3/c19-15-5-1-13(2-6-15)11-20-21-18(25)17-9-10-23(22-17)12-14-3-7-16(8-4-14)24(26)27/h1-11H,12H2,(H,21,25)/b20-11-. The summed E-state index contributed by atoms with van der Waals surface area (Å²) in [7, 11) is 0. The number of benzene rings is 2. The second-order valence-electron chi connectivity index (χ2n) is 5.57. The van der Waals surface area contributed by atoms with Gasteiger partial charge < -0.3 is 0 Å². The monoisotopic (exact) mass is 383 g/mol. The van der Waals surface area contributed by atoms with E-state index in [1.807, 2.05) is 0 Å². The summed E-state index contributed by atoms with van der Waals surface area (Å²) in [5, 5.41) is 19.4. The Morgan fingerprint density at radius 1 is 1.19 bits per heavy atom. The Bertz CT molecular complexity index is 981. The van der Waals surface area contributed by atoms with Crippen molar-refractivity contribution in [3.63, 3.8) is 0 Å². The number of amides is 1. The summed E-state index contributed by atoms with van der Waals surface area (Å²) in [6.45, 7) is 0.388. The van der Waals surface area contributed by atoms with E-state index in [-0.39, 0.29) is 11.4 Å². The maximum absolute atomic E-state index is 12.1. The number of nitrogens with zero attached hydrogens (tertiary/aromatic N) is 4. The molecule has 0 spiro atoms. The molecule has 9 heteroatoms. The Morgan fingerprint density at radius 3 is 2.56 bits per heavy atom. The molecular formula is C18H14ClN5O3. The van der Waals surface area contributed by atoms with Crippen molar-refractivity contribution < 1.29 is 9.72 Å². The highest BCUT2D eigenvalue weighted by Crippen LogP contribution is 2.13. The van der Waals surface area contributed by atoms with Crippen LogP contribution >= 0.6 is 11.6 Å². The van der Waals surface area contributed by atoms with Crippen LogP contribution in [0.3, 0.4) is 0 Å². The van der Waals surface area contributed by atoms with E-state index in [0.717, 1.165) is 11.1 Å². The highest BCUT2D eigenvalue weighted by Gasteiger charge is 2.09. The van der Waals surface area contributed by atoms with Crippen molar-refractivity contribution in [3.8, 4) is 0 Å². The van der Waals surface area contributed by atoms with Gasteiger partial charge in [0.2, 0.25) is 0 Å². The Morgan fingerprint density at radius 2 is 1.89 bits per heavy atom. The summed E-state index contributed by atoms with van der Waals surface area (Å²) in [4.78, 5) is 22.3. The van der Waals surface area contributed by atoms with E-state index in [4.69, 9.17) is 11.6 Å². The van der Waals surface area contributed by atoms with E-state index in [0.29, 0.717) is 11.6 Å². The van der Waals surface area contributed by atoms with Gasteiger partial charge in [-0.15, -0.1) is 0 Å². The average Bonchev–Trinajstić information content (AvgIpc) is 3.12. The van der Waals surface area contributed by atoms with Gasteiger partial charge in [0.05, 0.1) is 17.7 Å². The number of halogens is 1. The van der Waals surface area contributed by atoms with Crippen LogP contribution in [-0.2, 0) is 6.54 Å². The first-order valence-electron chi connectivity index (χ1n) is 7.87. The molecule has 8 nitrogen and oxygen atoms in total. The van der Waals surface area contributed by atoms with Gasteiger partial charge in [-0.25, -0.2) is 5.43 Å². The number of nitro benzene ring substituents is 1.